The Labute approximate surface area is 148 Å². The van der Waals surface area contributed by atoms with Crippen LogP contribution >= 0.6 is 22.9 Å². The van der Waals surface area contributed by atoms with Gasteiger partial charge in [0.2, 0.25) is 0 Å². The monoisotopic (exact) mass is 380 g/mol. The third kappa shape index (κ3) is 3.10. The molecule has 8 heteroatoms. The molecule has 0 spiro atoms. The maximum atomic E-state index is 13.0. The molecule has 0 radical (unpaired) electrons. The summed E-state index contributed by atoms with van der Waals surface area (Å²) in [5.41, 5.74) is 1.44. The Bertz CT molecular complexity index is 955. The molecule has 0 aliphatic heterocycles. The topological polar surface area (TPSA) is 70.5 Å². The highest BCUT2D eigenvalue weighted by Crippen LogP contribution is 2.37. The van der Waals surface area contributed by atoms with Gasteiger partial charge >= 0.3 is 0 Å². The van der Waals surface area contributed by atoms with Gasteiger partial charge in [0.05, 0.1) is 5.69 Å². The first-order chi connectivity index (χ1) is 11.4. The molecule has 0 bridgehead atoms. The normalized spacial score (nSPS) is 11.4. The highest BCUT2D eigenvalue weighted by atomic mass is 35.5. The number of hydrogen-bond acceptors (Lipinski definition) is 5. The van der Waals surface area contributed by atoms with Gasteiger partial charge in [0.1, 0.15) is 11.4 Å². The smallest absolute Gasteiger partial charge is 0.275 e. The van der Waals surface area contributed by atoms with Crippen LogP contribution in [-0.2, 0) is 10.0 Å². The molecule has 5 nitrogen and oxygen atoms in total. The number of rotatable bonds is 4. The van der Waals surface area contributed by atoms with Crippen molar-refractivity contribution in [3.05, 3.63) is 59.1 Å². The van der Waals surface area contributed by atoms with Crippen molar-refractivity contribution >= 4 is 38.6 Å². The van der Waals surface area contributed by atoms with Gasteiger partial charge in [0.25, 0.3) is 10.0 Å². The minimum Gasteiger partial charge on any atom is -0.508 e. The molecule has 0 atom stereocenters. The summed E-state index contributed by atoms with van der Waals surface area (Å²) in [6.07, 6.45) is 0. The van der Waals surface area contributed by atoms with Gasteiger partial charge in [-0.25, -0.2) is 13.4 Å². The van der Waals surface area contributed by atoms with Crippen LogP contribution in [0.15, 0.2) is 58.8 Å². The van der Waals surface area contributed by atoms with Crippen LogP contribution in [0.25, 0.3) is 11.3 Å². The number of benzene rings is 2. The maximum Gasteiger partial charge on any atom is 0.275 e. The molecule has 0 unspecified atom stereocenters. The van der Waals surface area contributed by atoms with Gasteiger partial charge in [0, 0.05) is 12.6 Å². The van der Waals surface area contributed by atoms with E-state index < -0.39 is 10.0 Å². The molecule has 2 aromatic carbocycles. The van der Waals surface area contributed by atoms with Crippen molar-refractivity contribution in [2.75, 3.05) is 11.4 Å². The molecule has 0 saturated carbocycles. The van der Waals surface area contributed by atoms with E-state index in [-0.39, 0.29) is 14.4 Å². The van der Waals surface area contributed by atoms with Crippen molar-refractivity contribution in [2.45, 2.75) is 4.21 Å². The van der Waals surface area contributed by atoms with E-state index in [0.29, 0.717) is 16.9 Å². The SMILES string of the molecule is CN(c1ccc(O)cc1)S(=O)(=O)c1sc(Cl)nc1-c1ccccc1. The number of aromatic nitrogens is 1. The zero-order valence-electron chi connectivity index (χ0n) is 12.5. The third-order valence-electron chi connectivity index (χ3n) is 3.43. The highest BCUT2D eigenvalue weighted by Gasteiger charge is 2.29. The number of aromatic hydroxyl groups is 1. The summed E-state index contributed by atoms with van der Waals surface area (Å²) in [5, 5.41) is 9.36. The summed E-state index contributed by atoms with van der Waals surface area (Å²) in [7, 11) is -2.39. The summed E-state index contributed by atoms with van der Waals surface area (Å²) >= 11 is 6.90. The summed E-state index contributed by atoms with van der Waals surface area (Å²) in [6.45, 7) is 0. The molecule has 3 rings (SSSR count). The molecule has 124 valence electrons. The van der Waals surface area contributed by atoms with Gasteiger partial charge < -0.3 is 5.11 Å². The van der Waals surface area contributed by atoms with Crippen molar-refractivity contribution in [1.82, 2.24) is 4.98 Å². The lowest BCUT2D eigenvalue weighted by Gasteiger charge is -2.19. The summed E-state index contributed by atoms with van der Waals surface area (Å²) in [4.78, 5) is 4.18. The van der Waals surface area contributed by atoms with Crippen LogP contribution in [0.3, 0.4) is 0 Å². The summed E-state index contributed by atoms with van der Waals surface area (Å²) in [6, 6.07) is 14.9. The molecule has 1 heterocycles. The fourth-order valence-corrected chi connectivity index (χ4v) is 5.21. The lowest BCUT2D eigenvalue weighted by Crippen LogP contribution is -2.26. The maximum absolute atomic E-state index is 13.0. The second-order valence-electron chi connectivity index (χ2n) is 4.96. The van der Waals surface area contributed by atoms with Crippen LogP contribution in [0.2, 0.25) is 4.47 Å². The Balaban J connectivity index is 2.09. The van der Waals surface area contributed by atoms with E-state index in [9.17, 15) is 13.5 Å². The number of halogens is 1. The van der Waals surface area contributed by atoms with Crippen molar-refractivity contribution < 1.29 is 13.5 Å². The van der Waals surface area contributed by atoms with Crippen molar-refractivity contribution in [2.24, 2.45) is 0 Å². The quantitative estimate of drug-likeness (QED) is 0.742. The largest absolute Gasteiger partial charge is 0.508 e. The molecule has 3 aromatic rings. The minimum atomic E-state index is -3.84. The van der Waals surface area contributed by atoms with E-state index in [1.54, 1.807) is 12.1 Å². The number of sulfonamides is 1. The fourth-order valence-electron chi connectivity index (χ4n) is 2.16. The molecular formula is C16H13ClN2O3S2. The van der Waals surface area contributed by atoms with E-state index in [1.807, 2.05) is 18.2 Å². The second kappa shape index (κ2) is 6.43. The molecule has 1 aromatic heterocycles. The molecule has 0 fully saturated rings. The van der Waals surface area contributed by atoms with Gasteiger partial charge in [-0.1, -0.05) is 53.3 Å². The van der Waals surface area contributed by atoms with E-state index in [1.165, 1.54) is 31.3 Å². The summed E-state index contributed by atoms with van der Waals surface area (Å²) in [5.74, 6) is 0.0651. The zero-order chi connectivity index (χ0) is 17.3. The number of hydrogen-bond donors (Lipinski definition) is 1. The van der Waals surface area contributed by atoms with Gasteiger partial charge in [-0.2, -0.15) is 0 Å². The predicted molar refractivity (Wildman–Crippen MR) is 96.3 cm³/mol. The summed E-state index contributed by atoms with van der Waals surface area (Å²) < 4.78 is 27.4. The van der Waals surface area contributed by atoms with Crippen LogP contribution < -0.4 is 4.31 Å². The minimum absolute atomic E-state index is 0.0651. The standard InChI is InChI=1S/C16H13ClN2O3S2/c1-19(12-7-9-13(20)10-8-12)24(21,22)15-14(18-16(17)23-15)11-5-3-2-4-6-11/h2-10,20H,1H3. The number of thiazole rings is 1. The Morgan fingerprint density at radius 1 is 1.08 bits per heavy atom. The van der Waals surface area contributed by atoms with E-state index in [2.05, 4.69) is 4.98 Å². The average Bonchev–Trinajstić information content (AvgIpc) is 2.98. The Kier molecular flexibility index (Phi) is 4.49. The molecular weight excluding hydrogens is 368 g/mol. The lowest BCUT2D eigenvalue weighted by atomic mass is 10.2. The second-order valence-corrected chi connectivity index (χ2v) is 8.70. The average molecular weight is 381 g/mol. The lowest BCUT2D eigenvalue weighted by molar-refractivity contribution is 0.475. The Hall–Kier alpha value is -2.09. The van der Waals surface area contributed by atoms with Crippen LogP contribution in [-0.4, -0.2) is 25.6 Å². The molecule has 0 amide bonds. The van der Waals surface area contributed by atoms with Crippen LogP contribution in [0.5, 0.6) is 5.75 Å². The van der Waals surface area contributed by atoms with Crippen LogP contribution in [0.1, 0.15) is 0 Å². The first kappa shape index (κ1) is 16.8. The van der Waals surface area contributed by atoms with E-state index in [0.717, 1.165) is 15.6 Å². The Morgan fingerprint density at radius 3 is 2.33 bits per heavy atom. The number of phenols is 1. The van der Waals surface area contributed by atoms with Gasteiger partial charge in [-0.05, 0) is 24.3 Å². The Morgan fingerprint density at radius 2 is 1.71 bits per heavy atom. The van der Waals surface area contributed by atoms with E-state index >= 15 is 0 Å². The zero-order valence-corrected chi connectivity index (χ0v) is 14.9. The van der Waals surface area contributed by atoms with E-state index in [4.69, 9.17) is 11.6 Å². The number of phenolic OH excluding ortho intramolecular Hbond substituents is 1. The third-order valence-corrected chi connectivity index (χ3v) is 6.86. The molecule has 0 saturated heterocycles. The molecule has 0 aliphatic rings. The van der Waals surface area contributed by atoms with Crippen molar-refractivity contribution in [1.29, 1.82) is 0 Å². The van der Waals surface area contributed by atoms with Crippen molar-refractivity contribution in [3.8, 4) is 17.0 Å². The molecule has 24 heavy (non-hydrogen) atoms. The van der Waals surface area contributed by atoms with Gasteiger partial charge in [-0.15, -0.1) is 0 Å². The molecule has 1 N–H and O–H groups in total. The first-order valence-corrected chi connectivity index (χ1v) is 9.53. The number of anilines is 1. The molecule has 0 aliphatic carbocycles. The highest BCUT2D eigenvalue weighted by molar-refractivity contribution is 7.95. The predicted octanol–water partition coefficient (Wildman–Crippen LogP) is 3.99. The van der Waals surface area contributed by atoms with Crippen LogP contribution in [0.4, 0.5) is 5.69 Å². The first-order valence-electron chi connectivity index (χ1n) is 6.89. The van der Waals surface area contributed by atoms with Crippen LogP contribution in [0, 0.1) is 0 Å². The van der Waals surface area contributed by atoms with Crippen molar-refractivity contribution in [3.63, 3.8) is 0 Å². The number of nitrogens with zero attached hydrogens (tertiary/aromatic N) is 2. The fraction of sp³-hybridized carbons (Fsp3) is 0.0625. The van der Waals surface area contributed by atoms with Gasteiger partial charge in [-0.3, -0.25) is 4.31 Å². The van der Waals surface area contributed by atoms with Gasteiger partial charge in [0.15, 0.2) is 8.68 Å².